The first-order valence-electron chi connectivity index (χ1n) is 14.4. The van der Waals surface area contributed by atoms with Gasteiger partial charge in [-0.3, -0.25) is 4.79 Å². The van der Waals surface area contributed by atoms with Crippen molar-refractivity contribution in [2.24, 2.45) is 0 Å². The molecular formula is C37H34BrNO4. The lowest BCUT2D eigenvalue weighted by Crippen LogP contribution is -2.29. The van der Waals surface area contributed by atoms with Gasteiger partial charge in [0.25, 0.3) is 5.91 Å². The first-order chi connectivity index (χ1) is 20.8. The number of fused-ring (bicyclic) bond motifs is 1. The van der Waals surface area contributed by atoms with Crippen LogP contribution in [0, 0.1) is 0 Å². The summed E-state index contributed by atoms with van der Waals surface area (Å²) >= 11 is 3.62. The molecule has 5 nitrogen and oxygen atoms in total. The van der Waals surface area contributed by atoms with E-state index in [2.05, 4.69) is 47.1 Å². The zero-order valence-electron chi connectivity index (χ0n) is 24.3. The van der Waals surface area contributed by atoms with Crippen LogP contribution >= 0.6 is 15.9 Å². The molecular weight excluding hydrogens is 602 g/mol. The van der Waals surface area contributed by atoms with Crippen LogP contribution in [0.1, 0.15) is 40.4 Å². The first-order valence-corrected chi connectivity index (χ1v) is 15.2. The van der Waals surface area contributed by atoms with Crippen LogP contribution in [0.25, 0.3) is 21.9 Å². The van der Waals surface area contributed by atoms with Crippen LogP contribution in [0.4, 0.5) is 0 Å². The highest BCUT2D eigenvalue weighted by Crippen LogP contribution is 2.35. The highest BCUT2D eigenvalue weighted by Gasteiger charge is 2.22. The number of hydrogen-bond donors (Lipinski definition) is 1. The predicted molar refractivity (Wildman–Crippen MR) is 176 cm³/mol. The Morgan fingerprint density at radius 3 is 2.12 bits per heavy atom. The average molecular weight is 637 g/mol. The summed E-state index contributed by atoms with van der Waals surface area (Å²) in [4.78, 5) is 26.9. The molecule has 0 radical (unpaired) electrons. The quantitative estimate of drug-likeness (QED) is 0.158. The molecule has 0 saturated heterocycles. The molecule has 6 heteroatoms. The van der Waals surface area contributed by atoms with E-state index in [1.807, 2.05) is 78.9 Å². The molecule has 0 aromatic heterocycles. The van der Waals surface area contributed by atoms with E-state index in [4.69, 9.17) is 4.74 Å². The van der Waals surface area contributed by atoms with Gasteiger partial charge in [-0.2, -0.15) is 0 Å². The molecule has 5 aromatic carbocycles. The van der Waals surface area contributed by atoms with Crippen molar-refractivity contribution in [1.29, 1.82) is 0 Å². The van der Waals surface area contributed by atoms with Gasteiger partial charge in [0.05, 0.1) is 4.47 Å². The summed E-state index contributed by atoms with van der Waals surface area (Å²) in [5, 5.41) is 11.6. The maximum atomic E-state index is 13.2. The number of amides is 1. The lowest BCUT2D eigenvalue weighted by molar-refractivity contribution is -0.145. The van der Waals surface area contributed by atoms with Crippen LogP contribution in [0.5, 0.6) is 5.75 Å². The summed E-state index contributed by atoms with van der Waals surface area (Å²) in [6.45, 7) is 2.63. The van der Waals surface area contributed by atoms with Gasteiger partial charge in [0.2, 0.25) is 0 Å². The number of nitrogens with zero attached hydrogens (tertiary/aromatic N) is 1. The molecule has 218 valence electrons. The third-order valence-electron chi connectivity index (χ3n) is 7.52. The molecule has 5 aromatic rings. The topological polar surface area (TPSA) is 66.8 Å². The fourth-order valence-electron chi connectivity index (χ4n) is 5.20. The third-order valence-corrected chi connectivity index (χ3v) is 8.33. The van der Waals surface area contributed by atoms with Gasteiger partial charge in [-0.1, -0.05) is 98.3 Å². The fourth-order valence-corrected chi connectivity index (χ4v) is 5.78. The number of carboxylic acid groups (broad SMARTS) is 1. The Kier molecular flexibility index (Phi) is 9.58. The molecule has 1 amide bonds. The van der Waals surface area contributed by atoms with Crippen LogP contribution in [0.3, 0.4) is 0 Å². The summed E-state index contributed by atoms with van der Waals surface area (Å²) < 4.78 is 6.64. The number of rotatable bonds is 11. The number of carboxylic acids is 1. The molecule has 0 bridgehead atoms. The largest absolute Gasteiger partial charge is 0.478 e. The van der Waals surface area contributed by atoms with Crippen molar-refractivity contribution in [3.8, 4) is 16.9 Å². The van der Waals surface area contributed by atoms with Gasteiger partial charge in [-0.15, -0.1) is 0 Å². The maximum Gasteiger partial charge on any atom is 0.345 e. The van der Waals surface area contributed by atoms with E-state index in [1.54, 1.807) is 18.0 Å². The van der Waals surface area contributed by atoms with Crippen molar-refractivity contribution >= 4 is 38.6 Å². The fraction of sp³-hybridized carbons (Fsp3) is 0.189. The second-order valence-corrected chi connectivity index (χ2v) is 11.5. The molecule has 5 rings (SSSR count). The van der Waals surface area contributed by atoms with Crippen molar-refractivity contribution in [1.82, 2.24) is 4.90 Å². The number of carbonyl (C=O) groups excluding carboxylic acids is 1. The smallest absolute Gasteiger partial charge is 0.345 e. The van der Waals surface area contributed by atoms with Crippen LogP contribution in [-0.4, -0.2) is 35.0 Å². The van der Waals surface area contributed by atoms with Gasteiger partial charge in [0.1, 0.15) is 5.75 Å². The van der Waals surface area contributed by atoms with E-state index in [1.165, 1.54) is 5.56 Å². The van der Waals surface area contributed by atoms with E-state index < -0.39 is 12.1 Å². The van der Waals surface area contributed by atoms with Crippen LogP contribution < -0.4 is 4.74 Å². The predicted octanol–water partition coefficient (Wildman–Crippen LogP) is 8.57. The molecule has 0 aliphatic rings. The average Bonchev–Trinajstić information content (AvgIpc) is 3.02. The van der Waals surface area contributed by atoms with Gasteiger partial charge < -0.3 is 14.7 Å². The summed E-state index contributed by atoms with van der Waals surface area (Å²) in [6.07, 6.45) is 1.44. The van der Waals surface area contributed by atoms with Crippen molar-refractivity contribution < 1.29 is 19.4 Å². The van der Waals surface area contributed by atoms with E-state index in [9.17, 15) is 14.7 Å². The van der Waals surface area contributed by atoms with Gasteiger partial charge in [0, 0.05) is 25.6 Å². The minimum atomic E-state index is -1.02. The Balaban J connectivity index is 1.26. The van der Waals surface area contributed by atoms with E-state index in [0.717, 1.165) is 45.9 Å². The minimum Gasteiger partial charge on any atom is -0.478 e. The number of halogens is 1. The van der Waals surface area contributed by atoms with E-state index in [-0.39, 0.29) is 12.3 Å². The van der Waals surface area contributed by atoms with Gasteiger partial charge in [0.15, 0.2) is 6.10 Å². The lowest BCUT2D eigenvalue weighted by Gasteiger charge is -2.19. The van der Waals surface area contributed by atoms with Crippen molar-refractivity contribution in [2.75, 3.05) is 7.05 Å². The zero-order valence-corrected chi connectivity index (χ0v) is 25.9. The first kappa shape index (κ1) is 30.1. The molecule has 0 saturated carbocycles. The normalized spacial score (nSPS) is 11.7. The van der Waals surface area contributed by atoms with Gasteiger partial charge in [-0.25, -0.2) is 4.79 Å². The summed E-state index contributed by atoms with van der Waals surface area (Å²) in [5.41, 5.74) is 6.07. The molecule has 0 aliphatic carbocycles. The van der Waals surface area contributed by atoms with Crippen LogP contribution in [0.2, 0.25) is 0 Å². The van der Waals surface area contributed by atoms with Gasteiger partial charge in [-0.05, 0) is 85.2 Å². The Hall–Kier alpha value is -4.42. The third kappa shape index (κ3) is 7.33. The number of benzene rings is 5. The van der Waals surface area contributed by atoms with E-state index in [0.29, 0.717) is 22.3 Å². The van der Waals surface area contributed by atoms with Crippen LogP contribution in [-0.2, 0) is 24.2 Å². The summed E-state index contributed by atoms with van der Waals surface area (Å²) in [6, 6.07) is 35.5. The second-order valence-electron chi connectivity index (χ2n) is 10.8. The summed E-state index contributed by atoms with van der Waals surface area (Å²) in [7, 11) is 1.80. The number of aryl methyl sites for hydroxylation is 1. The standard InChI is InChI=1S/C37H34BrNO4/c1-3-7-25-10-13-28(14-11-25)29-15-17-30(18-16-29)36(40)39(2)24-27-12-20-32-31(22-27)19-21-33(35(32)38)43-34(37(41)42)23-26-8-5-4-6-9-26/h4-6,8-22,34H,3,7,23-24H2,1-2H3,(H,41,42). The van der Waals surface area contributed by atoms with Crippen molar-refractivity contribution in [2.45, 2.75) is 38.8 Å². The number of hydrogen-bond acceptors (Lipinski definition) is 3. The number of carbonyl (C=O) groups is 2. The van der Waals surface area contributed by atoms with Gasteiger partial charge >= 0.3 is 5.97 Å². The Labute approximate surface area is 260 Å². The van der Waals surface area contributed by atoms with Crippen LogP contribution in [0.15, 0.2) is 114 Å². The molecule has 0 aliphatic heterocycles. The van der Waals surface area contributed by atoms with Crippen molar-refractivity contribution in [3.05, 3.63) is 136 Å². The number of aliphatic carboxylic acids is 1. The molecule has 0 heterocycles. The molecule has 43 heavy (non-hydrogen) atoms. The van der Waals surface area contributed by atoms with E-state index >= 15 is 0 Å². The highest BCUT2D eigenvalue weighted by molar-refractivity contribution is 9.10. The highest BCUT2D eigenvalue weighted by atomic mass is 79.9. The van der Waals surface area contributed by atoms with Crippen molar-refractivity contribution in [3.63, 3.8) is 0 Å². The molecule has 1 atom stereocenters. The zero-order chi connectivity index (χ0) is 30.3. The lowest BCUT2D eigenvalue weighted by atomic mass is 10.0. The maximum absolute atomic E-state index is 13.2. The number of ether oxygens (including phenoxy) is 1. The molecule has 1 N–H and O–H groups in total. The monoisotopic (exact) mass is 635 g/mol. The Morgan fingerprint density at radius 1 is 0.814 bits per heavy atom. The summed E-state index contributed by atoms with van der Waals surface area (Å²) in [5.74, 6) is -0.598. The Morgan fingerprint density at radius 2 is 1.47 bits per heavy atom. The molecule has 1 unspecified atom stereocenters. The Bertz CT molecular complexity index is 1720. The second kappa shape index (κ2) is 13.7. The molecule has 0 spiro atoms. The molecule has 0 fully saturated rings. The SMILES string of the molecule is CCCc1ccc(-c2ccc(C(=O)N(C)Cc3ccc4c(Br)c(OC(Cc5ccccc5)C(=O)O)ccc4c3)cc2)cc1. The minimum absolute atomic E-state index is 0.0482.